The van der Waals surface area contributed by atoms with E-state index in [1.54, 1.807) is 29.2 Å². The molecule has 1 fully saturated rings. The maximum atomic E-state index is 12.6. The highest BCUT2D eigenvalue weighted by atomic mass is 16.2. The molecule has 5 heteroatoms. The van der Waals surface area contributed by atoms with Gasteiger partial charge in [0.05, 0.1) is 5.92 Å². The maximum absolute atomic E-state index is 12.6. The Hall–Kier alpha value is -2.95. The summed E-state index contributed by atoms with van der Waals surface area (Å²) in [6, 6.07) is 14.6. The lowest BCUT2D eigenvalue weighted by atomic mass is 10.1. The van der Waals surface area contributed by atoms with Crippen LogP contribution < -0.4 is 10.2 Å². The molecule has 1 N–H and O–H groups in total. The summed E-state index contributed by atoms with van der Waals surface area (Å²) in [5.74, 6) is -0.712. The molecule has 0 radical (unpaired) electrons. The van der Waals surface area contributed by atoms with E-state index in [0.717, 1.165) is 17.7 Å². The summed E-state index contributed by atoms with van der Waals surface area (Å²) < 4.78 is 0. The van der Waals surface area contributed by atoms with E-state index in [-0.39, 0.29) is 24.0 Å². The Morgan fingerprint density at radius 1 is 1.15 bits per heavy atom. The van der Waals surface area contributed by atoms with E-state index in [9.17, 15) is 14.4 Å². The minimum atomic E-state index is -0.409. The Balaban J connectivity index is 1.74. The lowest BCUT2D eigenvalue weighted by Gasteiger charge is -2.17. The lowest BCUT2D eigenvalue weighted by Crippen LogP contribution is -2.28. The number of Topliss-reactive ketones (excluding diaryl/α,β-unsaturated/α-hetero) is 1. The Morgan fingerprint density at radius 3 is 2.65 bits per heavy atom. The monoisotopic (exact) mass is 350 g/mol. The van der Waals surface area contributed by atoms with E-state index in [0.29, 0.717) is 17.8 Å². The fraction of sp³-hybridized carbons (Fsp3) is 0.286. The summed E-state index contributed by atoms with van der Waals surface area (Å²) in [5, 5.41) is 2.95. The first-order chi connectivity index (χ1) is 12.5. The lowest BCUT2D eigenvalue weighted by molar-refractivity contribution is -0.122. The third-order valence-corrected chi connectivity index (χ3v) is 4.72. The predicted molar refractivity (Wildman–Crippen MR) is 101 cm³/mol. The molecular weight excluding hydrogens is 328 g/mol. The molecule has 0 saturated carbocycles. The second-order valence-corrected chi connectivity index (χ2v) is 6.51. The van der Waals surface area contributed by atoms with Crippen LogP contribution in [0.15, 0.2) is 48.5 Å². The molecular formula is C21H22N2O3. The van der Waals surface area contributed by atoms with E-state index in [1.807, 2.05) is 31.2 Å². The molecule has 3 rings (SSSR count). The fourth-order valence-corrected chi connectivity index (χ4v) is 3.21. The molecule has 2 amide bonds. The zero-order valence-corrected chi connectivity index (χ0v) is 15.0. The standard InChI is InChI=1S/C21H22N2O3/c1-3-15-7-4-5-10-19(15)22-21(26)17-12-20(25)23(13-17)18-9-6-8-16(11-18)14(2)24/h4-11,17H,3,12-13H2,1-2H3,(H,22,26). The summed E-state index contributed by atoms with van der Waals surface area (Å²) in [6.07, 6.45) is 0.994. The van der Waals surface area contributed by atoms with Crippen LogP contribution >= 0.6 is 0 Å². The summed E-state index contributed by atoms with van der Waals surface area (Å²) in [4.78, 5) is 38.2. The van der Waals surface area contributed by atoms with Crippen molar-refractivity contribution in [1.82, 2.24) is 0 Å². The molecule has 1 atom stereocenters. The summed E-state index contributed by atoms with van der Waals surface area (Å²) >= 11 is 0. The maximum Gasteiger partial charge on any atom is 0.229 e. The van der Waals surface area contributed by atoms with Gasteiger partial charge in [-0.15, -0.1) is 0 Å². The van der Waals surface area contributed by atoms with E-state index >= 15 is 0 Å². The number of carbonyl (C=O) groups is 3. The van der Waals surface area contributed by atoms with Crippen molar-refractivity contribution in [2.24, 2.45) is 5.92 Å². The molecule has 2 aromatic carbocycles. The number of para-hydroxylation sites is 1. The molecule has 1 aliphatic rings. The topological polar surface area (TPSA) is 66.5 Å². The zero-order valence-electron chi connectivity index (χ0n) is 15.0. The van der Waals surface area contributed by atoms with E-state index in [1.165, 1.54) is 6.92 Å². The average Bonchev–Trinajstić information content (AvgIpc) is 3.04. The SMILES string of the molecule is CCc1ccccc1NC(=O)C1CC(=O)N(c2cccc(C(C)=O)c2)C1. The first-order valence-corrected chi connectivity index (χ1v) is 8.79. The molecule has 0 aromatic heterocycles. The van der Waals surface area contributed by atoms with Gasteiger partial charge in [-0.05, 0) is 37.1 Å². The molecule has 134 valence electrons. The van der Waals surface area contributed by atoms with Crippen LogP contribution in [0.25, 0.3) is 0 Å². The number of nitrogens with one attached hydrogen (secondary N) is 1. The predicted octanol–water partition coefficient (Wildman–Crippen LogP) is 3.44. The Bertz CT molecular complexity index is 860. The van der Waals surface area contributed by atoms with Crippen molar-refractivity contribution in [1.29, 1.82) is 0 Å². The number of benzene rings is 2. The number of amides is 2. The highest BCUT2D eigenvalue weighted by Gasteiger charge is 2.35. The number of hydrogen-bond donors (Lipinski definition) is 1. The van der Waals surface area contributed by atoms with Crippen molar-refractivity contribution in [2.45, 2.75) is 26.7 Å². The van der Waals surface area contributed by atoms with Crippen LogP contribution in [0, 0.1) is 5.92 Å². The number of aryl methyl sites for hydroxylation is 1. The van der Waals surface area contributed by atoms with Crippen molar-refractivity contribution in [2.75, 3.05) is 16.8 Å². The van der Waals surface area contributed by atoms with Crippen LogP contribution in [0.3, 0.4) is 0 Å². The van der Waals surface area contributed by atoms with Gasteiger partial charge in [0.25, 0.3) is 0 Å². The smallest absolute Gasteiger partial charge is 0.229 e. The van der Waals surface area contributed by atoms with Crippen LogP contribution in [0.5, 0.6) is 0 Å². The Kier molecular flexibility index (Phi) is 5.16. The van der Waals surface area contributed by atoms with Crippen molar-refractivity contribution in [3.8, 4) is 0 Å². The number of rotatable bonds is 5. The Labute approximate surface area is 153 Å². The minimum absolute atomic E-state index is 0.0519. The average molecular weight is 350 g/mol. The van der Waals surface area contributed by atoms with E-state index < -0.39 is 5.92 Å². The van der Waals surface area contributed by atoms with Gasteiger partial charge in [-0.1, -0.05) is 37.3 Å². The van der Waals surface area contributed by atoms with E-state index in [4.69, 9.17) is 0 Å². The van der Waals surface area contributed by atoms with Gasteiger partial charge in [-0.2, -0.15) is 0 Å². The Morgan fingerprint density at radius 2 is 1.92 bits per heavy atom. The van der Waals surface area contributed by atoms with Crippen LogP contribution in [0.4, 0.5) is 11.4 Å². The zero-order chi connectivity index (χ0) is 18.7. The van der Waals surface area contributed by atoms with Gasteiger partial charge in [-0.25, -0.2) is 0 Å². The molecule has 26 heavy (non-hydrogen) atoms. The van der Waals surface area contributed by atoms with E-state index in [2.05, 4.69) is 5.32 Å². The van der Waals surface area contributed by atoms with Crippen molar-refractivity contribution in [3.05, 3.63) is 59.7 Å². The highest BCUT2D eigenvalue weighted by molar-refractivity contribution is 6.04. The highest BCUT2D eigenvalue weighted by Crippen LogP contribution is 2.27. The largest absolute Gasteiger partial charge is 0.326 e. The quantitative estimate of drug-likeness (QED) is 0.840. The van der Waals surface area contributed by atoms with Crippen molar-refractivity contribution in [3.63, 3.8) is 0 Å². The minimum Gasteiger partial charge on any atom is -0.326 e. The number of nitrogens with zero attached hydrogens (tertiary/aromatic N) is 1. The molecule has 1 saturated heterocycles. The van der Waals surface area contributed by atoms with Gasteiger partial charge < -0.3 is 10.2 Å². The molecule has 5 nitrogen and oxygen atoms in total. The summed E-state index contributed by atoms with van der Waals surface area (Å²) in [7, 11) is 0. The van der Waals surface area contributed by atoms with Gasteiger partial charge in [0, 0.05) is 29.9 Å². The molecule has 0 bridgehead atoms. The first kappa shape index (κ1) is 17.9. The number of carbonyl (C=O) groups excluding carboxylic acids is 3. The first-order valence-electron chi connectivity index (χ1n) is 8.79. The molecule has 1 heterocycles. The molecule has 0 spiro atoms. The van der Waals surface area contributed by atoms with Crippen LogP contribution in [-0.4, -0.2) is 24.1 Å². The van der Waals surface area contributed by atoms with Gasteiger partial charge in [0.2, 0.25) is 11.8 Å². The fourth-order valence-electron chi connectivity index (χ4n) is 3.21. The number of ketones is 1. The van der Waals surface area contributed by atoms with Crippen molar-refractivity contribution < 1.29 is 14.4 Å². The second-order valence-electron chi connectivity index (χ2n) is 6.51. The molecule has 1 unspecified atom stereocenters. The van der Waals surface area contributed by atoms with Gasteiger partial charge in [0.1, 0.15) is 0 Å². The number of hydrogen-bond acceptors (Lipinski definition) is 3. The molecule has 0 aliphatic carbocycles. The van der Waals surface area contributed by atoms with Gasteiger partial charge >= 0.3 is 0 Å². The summed E-state index contributed by atoms with van der Waals surface area (Å²) in [5.41, 5.74) is 3.08. The second kappa shape index (κ2) is 7.52. The third kappa shape index (κ3) is 3.67. The van der Waals surface area contributed by atoms with Crippen LogP contribution in [0.2, 0.25) is 0 Å². The van der Waals surface area contributed by atoms with Crippen LogP contribution in [-0.2, 0) is 16.0 Å². The number of anilines is 2. The summed E-state index contributed by atoms with van der Waals surface area (Å²) in [6.45, 7) is 3.85. The van der Waals surface area contributed by atoms with Gasteiger partial charge in [-0.3, -0.25) is 14.4 Å². The molecule has 2 aromatic rings. The normalized spacial score (nSPS) is 16.6. The third-order valence-electron chi connectivity index (χ3n) is 4.72. The van der Waals surface area contributed by atoms with Crippen LogP contribution in [0.1, 0.15) is 36.2 Å². The molecule has 1 aliphatic heterocycles. The van der Waals surface area contributed by atoms with Gasteiger partial charge in [0.15, 0.2) is 5.78 Å². The van der Waals surface area contributed by atoms with Crippen molar-refractivity contribution >= 4 is 29.0 Å².